The zero-order valence-corrected chi connectivity index (χ0v) is 8.94. The molecule has 0 bridgehead atoms. The van der Waals surface area contributed by atoms with E-state index >= 15 is 0 Å². The fourth-order valence-corrected chi connectivity index (χ4v) is 0. The van der Waals surface area contributed by atoms with Gasteiger partial charge in [0.25, 0.3) is 0 Å². The van der Waals surface area contributed by atoms with Crippen molar-refractivity contribution in [1.82, 2.24) is 0 Å². The average Bonchev–Trinajstić information content (AvgIpc) is 1.89. The summed E-state index contributed by atoms with van der Waals surface area (Å²) in [7, 11) is 0. The molecule has 0 N–H and O–H groups in total. The van der Waals surface area contributed by atoms with Gasteiger partial charge in [-0.1, -0.05) is 40.5 Å². The second-order valence-corrected chi connectivity index (χ2v) is 2.44. The van der Waals surface area contributed by atoms with Crippen LogP contribution in [0, 0.1) is 0 Å². The Morgan fingerprint density at radius 3 is 1.00 bits per heavy atom. The number of hydrogen-bond donors (Lipinski definition) is 0. The average molecular weight is 201 g/mol. The molecule has 0 heterocycles. The first-order chi connectivity index (χ1) is 4.54. The van der Waals surface area contributed by atoms with Crippen LogP contribution < -0.4 is 10.2 Å². The van der Waals surface area contributed by atoms with Gasteiger partial charge in [0.05, 0.1) is 0 Å². The van der Waals surface area contributed by atoms with Crippen molar-refractivity contribution < 1.29 is 27.3 Å². The van der Waals surface area contributed by atoms with Crippen molar-refractivity contribution in [1.29, 1.82) is 0 Å². The fourth-order valence-electron chi connectivity index (χ4n) is 0. The first-order valence-electron chi connectivity index (χ1n) is 3.86. The minimum absolute atomic E-state index is 0. The van der Waals surface area contributed by atoms with Crippen LogP contribution in [0.25, 0.3) is 0 Å². The van der Waals surface area contributed by atoms with E-state index in [0.29, 0.717) is 0 Å². The molecular weight excluding hydrogens is 183 g/mol. The van der Waals surface area contributed by atoms with Gasteiger partial charge >= 0.3 is 17.1 Å². The quantitative estimate of drug-likeness (QED) is 0.603. The normalized spacial score (nSPS) is 13.6. The van der Waals surface area contributed by atoms with Crippen molar-refractivity contribution in [3.8, 4) is 0 Å². The van der Waals surface area contributed by atoms with E-state index in [9.17, 15) is 10.2 Å². The monoisotopic (exact) mass is 201 g/mol. The molecule has 1 radical (unpaired) electrons. The molecule has 0 amide bonds. The van der Waals surface area contributed by atoms with Crippen LogP contribution >= 0.6 is 0 Å². The van der Waals surface area contributed by atoms with Gasteiger partial charge in [0, 0.05) is 0 Å². The molecule has 0 saturated heterocycles. The molecule has 0 spiro atoms. The largest absolute Gasteiger partial charge is 2.00 e. The van der Waals surface area contributed by atoms with E-state index in [4.69, 9.17) is 0 Å². The Balaban J connectivity index is -0.000000107. The topological polar surface area (TPSA) is 46.1 Å². The zero-order chi connectivity index (χ0) is 8.57. The van der Waals surface area contributed by atoms with Gasteiger partial charge < -0.3 is 10.2 Å². The summed E-state index contributed by atoms with van der Waals surface area (Å²) in [5.41, 5.74) is 0. The predicted octanol–water partition coefficient (Wildman–Crippen LogP) is 0.288. The summed E-state index contributed by atoms with van der Waals surface area (Å²) in [6.45, 7) is 7.11. The van der Waals surface area contributed by atoms with Crippen LogP contribution in [-0.2, 0) is 17.1 Å². The summed E-state index contributed by atoms with van der Waals surface area (Å²) in [4.78, 5) is 0. The van der Waals surface area contributed by atoms with Gasteiger partial charge in [-0.15, -0.1) is 12.2 Å². The van der Waals surface area contributed by atoms with Crippen molar-refractivity contribution in [2.24, 2.45) is 0 Å². The Morgan fingerprint density at radius 1 is 0.909 bits per heavy atom. The first-order valence-corrected chi connectivity index (χ1v) is 3.86. The van der Waals surface area contributed by atoms with Crippen LogP contribution in [0.2, 0.25) is 0 Å². The minimum Gasteiger partial charge on any atom is -0.852 e. The van der Waals surface area contributed by atoms with E-state index in [-0.39, 0.29) is 29.3 Å². The first kappa shape index (κ1) is 17.5. The van der Waals surface area contributed by atoms with E-state index in [1.165, 1.54) is 0 Å². The molecule has 0 fully saturated rings. The van der Waals surface area contributed by atoms with Gasteiger partial charge in [-0.05, 0) is 0 Å². The number of hydrogen-bond acceptors (Lipinski definition) is 2. The molecule has 11 heavy (non-hydrogen) atoms. The summed E-state index contributed by atoms with van der Waals surface area (Å²) in [6, 6.07) is 0. The molecule has 2 atom stereocenters. The second kappa shape index (κ2) is 13.1. The Morgan fingerprint density at radius 2 is 1.00 bits per heavy atom. The van der Waals surface area contributed by atoms with Crippen molar-refractivity contribution in [3.05, 3.63) is 0 Å². The fraction of sp³-hybridized carbons (Fsp3) is 1.00. The summed E-state index contributed by atoms with van der Waals surface area (Å²) in [6.07, 6.45) is 0.769. The molecule has 0 aliphatic heterocycles. The maximum atomic E-state index is 9.90. The molecule has 0 aliphatic rings. The van der Waals surface area contributed by atoms with Gasteiger partial charge in [0.15, 0.2) is 0 Å². The van der Waals surface area contributed by atoms with Crippen LogP contribution in [0.5, 0.6) is 0 Å². The van der Waals surface area contributed by atoms with Crippen molar-refractivity contribution in [3.63, 3.8) is 0 Å². The SMILES string of the molecule is CCC(C)[O-].CCC(C)[O-].[Mn+2]. The Bertz CT molecular complexity index is 48.1. The third kappa shape index (κ3) is 37.7. The maximum absolute atomic E-state index is 9.90. The molecule has 0 rings (SSSR count). The zero-order valence-electron chi connectivity index (χ0n) is 7.76. The summed E-state index contributed by atoms with van der Waals surface area (Å²) in [5, 5.41) is 19.8. The van der Waals surface area contributed by atoms with Crippen molar-refractivity contribution in [2.45, 2.75) is 52.7 Å². The van der Waals surface area contributed by atoms with Gasteiger partial charge in [-0.2, -0.15) is 0 Å². The summed E-state index contributed by atoms with van der Waals surface area (Å²) in [5.74, 6) is 0. The van der Waals surface area contributed by atoms with E-state index in [1.54, 1.807) is 13.8 Å². The molecule has 0 aromatic rings. The summed E-state index contributed by atoms with van der Waals surface area (Å²) < 4.78 is 0. The molecular formula is C8H18MnO2. The van der Waals surface area contributed by atoms with Crippen LogP contribution in [0.4, 0.5) is 0 Å². The maximum Gasteiger partial charge on any atom is 2.00 e. The Kier molecular flexibility index (Phi) is 20.8. The van der Waals surface area contributed by atoms with E-state index in [1.807, 2.05) is 13.8 Å². The van der Waals surface area contributed by atoms with Crippen LogP contribution in [0.15, 0.2) is 0 Å². The molecule has 0 aromatic carbocycles. The molecule has 0 aromatic heterocycles. The van der Waals surface area contributed by atoms with Crippen LogP contribution in [0.3, 0.4) is 0 Å². The third-order valence-corrected chi connectivity index (χ3v) is 1.15. The Hall–Kier alpha value is 0.439. The van der Waals surface area contributed by atoms with Crippen molar-refractivity contribution in [2.75, 3.05) is 0 Å². The van der Waals surface area contributed by atoms with E-state index in [0.717, 1.165) is 12.8 Å². The number of rotatable bonds is 2. The molecule has 2 nitrogen and oxygen atoms in total. The van der Waals surface area contributed by atoms with Gasteiger partial charge in [-0.3, -0.25) is 0 Å². The Labute approximate surface area is 80.5 Å². The van der Waals surface area contributed by atoms with Gasteiger partial charge in [0.1, 0.15) is 0 Å². The standard InChI is InChI=1S/2C4H9O.Mn/c2*1-3-4(2)5;/h2*4H,3H2,1-2H3;/q2*-1;+2. The molecule has 0 aliphatic carbocycles. The minimum atomic E-state index is -0.366. The predicted molar refractivity (Wildman–Crippen MR) is 39.5 cm³/mol. The second-order valence-electron chi connectivity index (χ2n) is 2.44. The van der Waals surface area contributed by atoms with Gasteiger partial charge in [0.2, 0.25) is 0 Å². The van der Waals surface area contributed by atoms with E-state index < -0.39 is 0 Å². The molecule has 3 heteroatoms. The van der Waals surface area contributed by atoms with Crippen LogP contribution in [-0.4, -0.2) is 12.2 Å². The molecule has 69 valence electrons. The third-order valence-electron chi connectivity index (χ3n) is 1.15. The van der Waals surface area contributed by atoms with E-state index in [2.05, 4.69) is 0 Å². The smallest absolute Gasteiger partial charge is 0.852 e. The van der Waals surface area contributed by atoms with Crippen LogP contribution in [0.1, 0.15) is 40.5 Å². The van der Waals surface area contributed by atoms with Crippen molar-refractivity contribution >= 4 is 0 Å². The molecule has 2 unspecified atom stereocenters. The summed E-state index contributed by atoms with van der Waals surface area (Å²) >= 11 is 0. The molecule has 0 saturated carbocycles. The van der Waals surface area contributed by atoms with Gasteiger partial charge in [-0.25, -0.2) is 0 Å².